The number of rotatable bonds is 5. The van der Waals surface area contributed by atoms with Gasteiger partial charge in [0.25, 0.3) is 0 Å². The fourth-order valence-electron chi connectivity index (χ4n) is 3.06. The summed E-state index contributed by atoms with van der Waals surface area (Å²) in [6.07, 6.45) is 0.438. The number of nitrogens with one attached hydrogen (secondary N) is 2. The Labute approximate surface area is 165 Å². The highest BCUT2D eigenvalue weighted by atomic mass is 35.5. The molecule has 1 unspecified atom stereocenters. The average molecular weight is 435 g/mol. The lowest BCUT2D eigenvalue weighted by Gasteiger charge is -2.21. The van der Waals surface area contributed by atoms with E-state index in [0.717, 1.165) is 4.90 Å². The second-order valence-corrected chi connectivity index (χ2v) is 8.60. The average Bonchev–Trinajstić information content (AvgIpc) is 3.19. The summed E-state index contributed by atoms with van der Waals surface area (Å²) < 4.78 is 27.0. The van der Waals surface area contributed by atoms with Gasteiger partial charge in [0, 0.05) is 13.1 Å². The van der Waals surface area contributed by atoms with E-state index in [2.05, 4.69) is 10.0 Å². The number of urea groups is 1. The van der Waals surface area contributed by atoms with Crippen LogP contribution in [0.25, 0.3) is 0 Å². The van der Waals surface area contributed by atoms with Crippen molar-refractivity contribution < 1.29 is 22.8 Å². The van der Waals surface area contributed by atoms with E-state index in [4.69, 9.17) is 23.2 Å². The first kappa shape index (κ1) is 19.9. The third kappa shape index (κ3) is 4.03. The fourth-order valence-corrected chi connectivity index (χ4v) is 5.18. The molecule has 2 fully saturated rings. The van der Waals surface area contributed by atoms with Crippen LogP contribution in [0.5, 0.6) is 0 Å². The number of carbonyl (C=O) groups excluding carboxylic acids is 3. The lowest BCUT2D eigenvalue weighted by atomic mass is 10.2. The standard InChI is InChI=1S/C15H16Cl2N4O5S/c16-10-2-1-3-11(17)14(10)27(25,26)19-7-12(22)20-5-4-9(8-20)21-13(23)6-18-15(21)24/h1-3,9,19H,4-8H2,(H,18,24). The van der Waals surface area contributed by atoms with E-state index in [9.17, 15) is 22.8 Å². The second kappa shape index (κ2) is 7.63. The quantitative estimate of drug-likeness (QED) is 0.651. The molecule has 9 nitrogen and oxygen atoms in total. The maximum Gasteiger partial charge on any atom is 0.324 e. The van der Waals surface area contributed by atoms with Gasteiger partial charge >= 0.3 is 6.03 Å². The Balaban J connectivity index is 1.62. The number of halogens is 2. The van der Waals surface area contributed by atoms with Crippen molar-refractivity contribution in [2.75, 3.05) is 26.2 Å². The minimum Gasteiger partial charge on any atom is -0.339 e. The molecular formula is C15H16Cl2N4O5S. The molecule has 1 aromatic rings. The second-order valence-electron chi connectivity index (χ2n) is 6.08. The summed E-state index contributed by atoms with van der Waals surface area (Å²) in [4.78, 5) is 38.0. The molecule has 12 heteroatoms. The van der Waals surface area contributed by atoms with Crippen LogP contribution in [-0.2, 0) is 19.6 Å². The summed E-state index contributed by atoms with van der Waals surface area (Å²) in [5.41, 5.74) is 0. The van der Waals surface area contributed by atoms with Gasteiger partial charge in [-0.1, -0.05) is 29.3 Å². The van der Waals surface area contributed by atoms with E-state index >= 15 is 0 Å². The number of likely N-dealkylation sites (tertiary alicyclic amines) is 1. The van der Waals surface area contributed by atoms with Crippen LogP contribution in [0.2, 0.25) is 10.0 Å². The van der Waals surface area contributed by atoms with E-state index in [1.54, 1.807) is 0 Å². The Hall–Kier alpha value is -1.88. The van der Waals surface area contributed by atoms with E-state index < -0.39 is 34.5 Å². The molecule has 2 heterocycles. The molecule has 2 aliphatic heterocycles. The van der Waals surface area contributed by atoms with Gasteiger partial charge in [0.1, 0.15) is 4.90 Å². The summed E-state index contributed by atoms with van der Waals surface area (Å²) in [6.45, 7) is -0.0693. The summed E-state index contributed by atoms with van der Waals surface area (Å²) in [5, 5.41) is 2.32. The third-order valence-electron chi connectivity index (χ3n) is 4.36. The monoisotopic (exact) mass is 434 g/mol. The number of carbonyl (C=O) groups is 3. The topological polar surface area (TPSA) is 116 Å². The Kier molecular flexibility index (Phi) is 5.61. The predicted molar refractivity (Wildman–Crippen MR) is 96.9 cm³/mol. The molecule has 0 radical (unpaired) electrons. The molecular weight excluding hydrogens is 419 g/mol. The highest BCUT2D eigenvalue weighted by molar-refractivity contribution is 7.89. The van der Waals surface area contributed by atoms with Gasteiger partial charge in [-0.2, -0.15) is 0 Å². The number of hydrogen-bond donors (Lipinski definition) is 2. The molecule has 0 saturated carbocycles. The van der Waals surface area contributed by atoms with Crippen molar-refractivity contribution in [2.24, 2.45) is 0 Å². The number of amides is 4. The lowest BCUT2D eigenvalue weighted by Crippen LogP contribution is -2.44. The summed E-state index contributed by atoms with van der Waals surface area (Å²) in [5.74, 6) is -0.815. The smallest absolute Gasteiger partial charge is 0.324 e. The predicted octanol–water partition coefficient (Wildman–Crippen LogP) is 0.424. The van der Waals surface area contributed by atoms with Crippen LogP contribution in [0.15, 0.2) is 23.1 Å². The molecule has 3 rings (SSSR count). The van der Waals surface area contributed by atoms with Crippen molar-refractivity contribution in [1.29, 1.82) is 0 Å². The molecule has 4 amide bonds. The molecule has 27 heavy (non-hydrogen) atoms. The van der Waals surface area contributed by atoms with Gasteiger partial charge in [0.15, 0.2) is 0 Å². The van der Waals surface area contributed by atoms with Crippen LogP contribution < -0.4 is 10.0 Å². The lowest BCUT2D eigenvalue weighted by molar-refractivity contribution is -0.130. The molecule has 0 bridgehead atoms. The van der Waals surface area contributed by atoms with E-state index in [1.807, 2.05) is 0 Å². The van der Waals surface area contributed by atoms with Crippen LogP contribution in [0.4, 0.5) is 4.79 Å². The maximum atomic E-state index is 12.4. The Bertz CT molecular complexity index is 871. The van der Waals surface area contributed by atoms with E-state index in [-0.39, 0.29) is 33.9 Å². The van der Waals surface area contributed by atoms with Crippen LogP contribution >= 0.6 is 23.2 Å². The highest BCUT2D eigenvalue weighted by Gasteiger charge is 2.39. The van der Waals surface area contributed by atoms with Crippen LogP contribution in [0, 0.1) is 0 Å². The maximum absolute atomic E-state index is 12.4. The number of nitrogens with zero attached hydrogens (tertiary/aromatic N) is 2. The first-order valence-electron chi connectivity index (χ1n) is 8.02. The van der Waals surface area contributed by atoms with E-state index in [1.165, 1.54) is 23.1 Å². The van der Waals surface area contributed by atoms with Crippen LogP contribution in [0.1, 0.15) is 6.42 Å². The molecule has 2 saturated heterocycles. The summed E-state index contributed by atoms with van der Waals surface area (Å²) in [6, 6.07) is 3.38. The third-order valence-corrected chi connectivity index (χ3v) is 6.72. The minimum absolute atomic E-state index is 0.0535. The van der Waals surface area contributed by atoms with Crippen molar-refractivity contribution in [3.63, 3.8) is 0 Å². The SMILES string of the molecule is O=C(CNS(=O)(=O)c1c(Cl)cccc1Cl)N1CCC(N2C(=O)CNC2=O)C1. The van der Waals surface area contributed by atoms with Gasteiger partial charge in [0.05, 0.1) is 29.2 Å². The van der Waals surface area contributed by atoms with E-state index in [0.29, 0.717) is 13.0 Å². The number of benzene rings is 1. The van der Waals surface area contributed by atoms with Crippen molar-refractivity contribution >= 4 is 51.1 Å². The van der Waals surface area contributed by atoms with Crippen molar-refractivity contribution in [3.8, 4) is 0 Å². The zero-order chi connectivity index (χ0) is 19.8. The Morgan fingerprint density at radius 3 is 2.52 bits per heavy atom. The van der Waals surface area contributed by atoms with Crippen LogP contribution in [-0.4, -0.2) is 68.3 Å². The van der Waals surface area contributed by atoms with Gasteiger partial charge in [-0.15, -0.1) is 0 Å². The first-order valence-corrected chi connectivity index (χ1v) is 10.3. The summed E-state index contributed by atoms with van der Waals surface area (Å²) >= 11 is 11.8. The van der Waals surface area contributed by atoms with Crippen LogP contribution in [0.3, 0.4) is 0 Å². The molecule has 1 aromatic carbocycles. The number of imide groups is 1. The molecule has 0 aliphatic carbocycles. The van der Waals surface area contributed by atoms with Gasteiger partial charge < -0.3 is 10.2 Å². The minimum atomic E-state index is -4.08. The molecule has 146 valence electrons. The van der Waals surface area contributed by atoms with Gasteiger partial charge in [-0.05, 0) is 18.6 Å². The number of hydrogen-bond acceptors (Lipinski definition) is 5. The molecule has 0 aromatic heterocycles. The Morgan fingerprint density at radius 1 is 1.26 bits per heavy atom. The first-order chi connectivity index (χ1) is 12.7. The molecule has 2 aliphatic rings. The van der Waals surface area contributed by atoms with Crippen molar-refractivity contribution in [2.45, 2.75) is 17.4 Å². The fraction of sp³-hybridized carbons (Fsp3) is 0.400. The Morgan fingerprint density at radius 2 is 1.93 bits per heavy atom. The molecule has 2 N–H and O–H groups in total. The zero-order valence-electron chi connectivity index (χ0n) is 13.9. The van der Waals surface area contributed by atoms with Gasteiger partial charge in [-0.25, -0.2) is 17.9 Å². The molecule has 1 atom stereocenters. The zero-order valence-corrected chi connectivity index (χ0v) is 16.3. The molecule has 0 spiro atoms. The van der Waals surface area contributed by atoms with Gasteiger partial charge in [0.2, 0.25) is 21.8 Å². The number of sulfonamides is 1. The normalized spacial score (nSPS) is 20.3. The van der Waals surface area contributed by atoms with Crippen molar-refractivity contribution in [3.05, 3.63) is 28.2 Å². The van der Waals surface area contributed by atoms with Crippen molar-refractivity contribution in [1.82, 2.24) is 19.8 Å². The largest absolute Gasteiger partial charge is 0.339 e. The van der Waals surface area contributed by atoms with Gasteiger partial charge in [-0.3, -0.25) is 14.5 Å². The highest BCUT2D eigenvalue weighted by Crippen LogP contribution is 2.28. The summed E-state index contributed by atoms with van der Waals surface area (Å²) in [7, 11) is -4.08.